The van der Waals surface area contributed by atoms with Crippen molar-refractivity contribution in [2.75, 3.05) is 38.2 Å². The number of rotatable bonds is 4. The number of methoxy groups -OCH3 is 1. The molecule has 1 aromatic heterocycles. The van der Waals surface area contributed by atoms with Crippen LogP contribution in [0.3, 0.4) is 0 Å². The molecule has 1 aliphatic rings. The Morgan fingerprint density at radius 2 is 1.81 bits per heavy atom. The third-order valence-electron chi connectivity index (χ3n) is 5.70. The fraction of sp³-hybridized carbons (Fsp3) is 0.304. The van der Waals surface area contributed by atoms with Gasteiger partial charge in [0.2, 0.25) is 0 Å². The van der Waals surface area contributed by atoms with Gasteiger partial charge in [-0.1, -0.05) is 17.7 Å². The molecule has 0 saturated carbocycles. The molecule has 1 amide bonds. The van der Waals surface area contributed by atoms with Crippen molar-refractivity contribution in [1.82, 2.24) is 4.90 Å². The molecule has 0 N–H and O–H groups in total. The summed E-state index contributed by atoms with van der Waals surface area (Å²) in [6.07, 6.45) is 0. The Morgan fingerprint density at radius 1 is 1.09 bits per heavy atom. The number of anilines is 1. The summed E-state index contributed by atoms with van der Waals surface area (Å²) in [5, 5.41) is 11.5. The Kier molecular flexibility index (Phi) is 5.56. The minimum Gasteiger partial charge on any atom is -0.493 e. The smallest absolute Gasteiger partial charge is 0.349 e. The van der Waals surface area contributed by atoms with Crippen molar-refractivity contribution in [3.8, 4) is 5.75 Å². The number of nitrogens with zero attached hydrogens (tertiary/aromatic N) is 3. The highest BCUT2D eigenvalue weighted by Crippen LogP contribution is 2.31. The SMILES string of the molecule is COc1cc([N+](=O)[O-])cc2cc(C(=O)N3CCN(c4ccc(C)cc4C)CC3)c(=O)oc12. The summed E-state index contributed by atoms with van der Waals surface area (Å²) in [5.41, 5.74) is 2.40. The zero-order valence-corrected chi connectivity index (χ0v) is 18.1. The van der Waals surface area contributed by atoms with E-state index in [4.69, 9.17) is 9.15 Å². The van der Waals surface area contributed by atoms with Crippen molar-refractivity contribution in [3.05, 3.63) is 73.6 Å². The second-order valence-electron chi connectivity index (χ2n) is 7.84. The van der Waals surface area contributed by atoms with Gasteiger partial charge in [-0.25, -0.2) is 4.79 Å². The number of nitro groups is 1. The van der Waals surface area contributed by atoms with Crippen LogP contribution in [-0.2, 0) is 0 Å². The maximum atomic E-state index is 13.1. The van der Waals surface area contributed by atoms with Gasteiger partial charge in [0.05, 0.1) is 18.1 Å². The number of carbonyl (C=O) groups excluding carboxylic acids is 1. The summed E-state index contributed by atoms with van der Waals surface area (Å²) >= 11 is 0. The molecule has 1 fully saturated rings. The molecule has 9 nitrogen and oxygen atoms in total. The molecule has 4 rings (SSSR count). The number of piperazine rings is 1. The average molecular weight is 437 g/mol. The van der Waals surface area contributed by atoms with E-state index in [0.29, 0.717) is 26.2 Å². The zero-order valence-electron chi connectivity index (χ0n) is 18.1. The molecule has 0 aliphatic carbocycles. The van der Waals surface area contributed by atoms with Crippen LogP contribution in [0, 0.1) is 24.0 Å². The Hall–Kier alpha value is -3.88. The second kappa shape index (κ2) is 8.33. The zero-order chi connectivity index (χ0) is 23.0. The van der Waals surface area contributed by atoms with Gasteiger partial charge in [0, 0.05) is 43.3 Å². The highest BCUT2D eigenvalue weighted by Gasteiger charge is 2.26. The van der Waals surface area contributed by atoms with E-state index in [0.717, 1.165) is 5.69 Å². The number of hydrogen-bond acceptors (Lipinski definition) is 7. The predicted molar refractivity (Wildman–Crippen MR) is 120 cm³/mol. The van der Waals surface area contributed by atoms with Crippen LogP contribution in [0.25, 0.3) is 11.0 Å². The molecule has 9 heteroatoms. The van der Waals surface area contributed by atoms with E-state index in [2.05, 4.69) is 30.0 Å². The molecule has 2 aromatic carbocycles. The van der Waals surface area contributed by atoms with E-state index in [-0.39, 0.29) is 28.0 Å². The lowest BCUT2D eigenvalue weighted by atomic mass is 10.1. The van der Waals surface area contributed by atoms with E-state index >= 15 is 0 Å². The molecule has 1 saturated heterocycles. The molecule has 0 radical (unpaired) electrons. The third-order valence-corrected chi connectivity index (χ3v) is 5.70. The van der Waals surface area contributed by atoms with Gasteiger partial charge in [-0.15, -0.1) is 0 Å². The standard InChI is InChI=1S/C23H23N3O6/c1-14-4-5-19(15(2)10-14)24-6-8-25(9-7-24)22(27)18-12-16-11-17(26(29)30)13-20(31-3)21(16)32-23(18)28/h4-5,10-13H,6-9H2,1-3H3. The summed E-state index contributed by atoms with van der Waals surface area (Å²) in [5.74, 6) is -0.390. The number of hydrogen-bond donors (Lipinski definition) is 0. The number of aryl methyl sites for hydroxylation is 2. The van der Waals surface area contributed by atoms with Crippen molar-refractivity contribution >= 4 is 28.3 Å². The molecule has 0 unspecified atom stereocenters. The molecule has 0 bridgehead atoms. The minimum atomic E-state index is -0.800. The first kappa shape index (κ1) is 21.4. The minimum absolute atomic E-state index is 0.0624. The number of nitro benzene ring substituents is 1. The molecular weight excluding hydrogens is 414 g/mol. The number of carbonyl (C=O) groups is 1. The lowest BCUT2D eigenvalue weighted by molar-refractivity contribution is -0.384. The first-order valence-electron chi connectivity index (χ1n) is 10.2. The third kappa shape index (κ3) is 3.89. The van der Waals surface area contributed by atoms with E-state index < -0.39 is 16.5 Å². The van der Waals surface area contributed by atoms with E-state index in [1.165, 1.54) is 36.4 Å². The van der Waals surface area contributed by atoms with Crippen LogP contribution in [0.5, 0.6) is 5.75 Å². The van der Waals surface area contributed by atoms with Gasteiger partial charge in [-0.3, -0.25) is 14.9 Å². The van der Waals surface area contributed by atoms with Crippen LogP contribution < -0.4 is 15.3 Å². The number of benzene rings is 2. The monoisotopic (exact) mass is 437 g/mol. The fourth-order valence-corrected chi connectivity index (χ4v) is 4.07. The van der Waals surface area contributed by atoms with Crippen LogP contribution in [-0.4, -0.2) is 49.0 Å². The largest absolute Gasteiger partial charge is 0.493 e. The Bertz CT molecular complexity index is 1270. The molecule has 166 valence electrons. The Labute approximate surface area is 183 Å². The summed E-state index contributed by atoms with van der Waals surface area (Å²) in [6.45, 7) is 6.27. The van der Waals surface area contributed by atoms with Crippen molar-refractivity contribution in [1.29, 1.82) is 0 Å². The number of fused-ring (bicyclic) bond motifs is 1. The van der Waals surface area contributed by atoms with E-state index in [1.807, 2.05) is 6.92 Å². The van der Waals surface area contributed by atoms with Gasteiger partial charge < -0.3 is 19.0 Å². The molecular formula is C23H23N3O6. The van der Waals surface area contributed by atoms with Gasteiger partial charge in [0.15, 0.2) is 11.3 Å². The predicted octanol–water partition coefficient (Wildman–Crippen LogP) is 3.29. The lowest BCUT2D eigenvalue weighted by Gasteiger charge is -2.36. The number of non-ortho nitro benzene ring substituents is 1. The van der Waals surface area contributed by atoms with Crippen LogP contribution in [0.4, 0.5) is 11.4 Å². The van der Waals surface area contributed by atoms with Crippen LogP contribution in [0.1, 0.15) is 21.5 Å². The van der Waals surface area contributed by atoms with Gasteiger partial charge in [-0.2, -0.15) is 0 Å². The second-order valence-corrected chi connectivity index (χ2v) is 7.84. The van der Waals surface area contributed by atoms with Gasteiger partial charge >= 0.3 is 5.63 Å². The Balaban J connectivity index is 1.59. The first-order chi connectivity index (χ1) is 15.3. The Morgan fingerprint density at radius 3 is 2.44 bits per heavy atom. The van der Waals surface area contributed by atoms with Crippen molar-refractivity contribution in [2.24, 2.45) is 0 Å². The van der Waals surface area contributed by atoms with E-state index in [9.17, 15) is 19.7 Å². The molecule has 3 aromatic rings. The number of amides is 1. The van der Waals surface area contributed by atoms with Crippen LogP contribution >= 0.6 is 0 Å². The maximum Gasteiger partial charge on any atom is 0.349 e. The van der Waals surface area contributed by atoms with Crippen molar-refractivity contribution in [2.45, 2.75) is 13.8 Å². The van der Waals surface area contributed by atoms with Gasteiger partial charge in [0.25, 0.3) is 11.6 Å². The maximum absolute atomic E-state index is 13.1. The fourth-order valence-electron chi connectivity index (χ4n) is 4.07. The van der Waals surface area contributed by atoms with Crippen LogP contribution in [0.2, 0.25) is 0 Å². The molecule has 32 heavy (non-hydrogen) atoms. The summed E-state index contributed by atoms with van der Waals surface area (Å²) < 4.78 is 10.4. The molecule has 0 atom stereocenters. The quantitative estimate of drug-likeness (QED) is 0.350. The normalized spacial score (nSPS) is 14.0. The van der Waals surface area contributed by atoms with Crippen molar-refractivity contribution < 1.29 is 18.9 Å². The number of ether oxygens (including phenoxy) is 1. The summed E-state index contributed by atoms with van der Waals surface area (Å²) in [4.78, 5) is 40.1. The molecule has 0 spiro atoms. The first-order valence-corrected chi connectivity index (χ1v) is 10.2. The highest BCUT2D eigenvalue weighted by molar-refractivity contribution is 5.98. The van der Waals surface area contributed by atoms with Crippen LogP contribution in [0.15, 0.2) is 45.6 Å². The highest BCUT2D eigenvalue weighted by atomic mass is 16.6. The average Bonchev–Trinajstić information content (AvgIpc) is 2.77. The summed E-state index contributed by atoms with van der Waals surface area (Å²) in [7, 11) is 1.33. The molecule has 2 heterocycles. The van der Waals surface area contributed by atoms with E-state index in [1.54, 1.807) is 4.90 Å². The summed E-state index contributed by atoms with van der Waals surface area (Å²) in [6, 6.07) is 10.1. The lowest BCUT2D eigenvalue weighted by Crippen LogP contribution is -2.49. The topological polar surface area (TPSA) is 106 Å². The van der Waals surface area contributed by atoms with Crippen molar-refractivity contribution in [3.63, 3.8) is 0 Å². The van der Waals surface area contributed by atoms with Gasteiger partial charge in [0.1, 0.15) is 5.56 Å². The van der Waals surface area contributed by atoms with Gasteiger partial charge in [-0.05, 0) is 31.5 Å². The molecule has 1 aliphatic heterocycles.